The Labute approximate surface area is 160 Å². The topological polar surface area (TPSA) is 93.8 Å². The highest BCUT2D eigenvalue weighted by molar-refractivity contribution is 9.10. The number of carbonyl (C=O) groups is 2. The van der Waals surface area contributed by atoms with Gasteiger partial charge in [0.05, 0.1) is 16.8 Å². The summed E-state index contributed by atoms with van der Waals surface area (Å²) in [6.07, 6.45) is 0. The molecule has 2 amide bonds. The summed E-state index contributed by atoms with van der Waals surface area (Å²) >= 11 is 3.31. The van der Waals surface area contributed by atoms with E-state index in [9.17, 15) is 19.5 Å². The van der Waals surface area contributed by atoms with Crippen LogP contribution in [0.5, 0.6) is 11.8 Å². The van der Waals surface area contributed by atoms with Gasteiger partial charge in [-0.1, -0.05) is 33.1 Å². The van der Waals surface area contributed by atoms with Gasteiger partial charge in [0.25, 0.3) is 23.6 Å². The molecule has 0 saturated carbocycles. The van der Waals surface area contributed by atoms with Crippen LogP contribution in [0.4, 0.5) is 0 Å². The Morgan fingerprint density at radius 3 is 2.04 bits per heavy atom. The zero-order valence-corrected chi connectivity index (χ0v) is 15.5. The van der Waals surface area contributed by atoms with E-state index in [1.165, 1.54) is 19.2 Å². The summed E-state index contributed by atoms with van der Waals surface area (Å²) in [5.41, 5.74) is 0.179. The first-order chi connectivity index (χ1) is 12.9. The Balaban J connectivity index is 1.81. The molecule has 27 heavy (non-hydrogen) atoms. The summed E-state index contributed by atoms with van der Waals surface area (Å²) in [5.74, 6) is -2.19. The maximum Gasteiger partial charge on any atom is 0.338 e. The van der Waals surface area contributed by atoms with Crippen molar-refractivity contribution in [1.29, 1.82) is 0 Å². The molecule has 2 aromatic carbocycles. The highest BCUT2D eigenvalue weighted by Crippen LogP contribution is 2.31. The second-order valence-corrected chi connectivity index (χ2v) is 6.74. The fourth-order valence-electron chi connectivity index (χ4n) is 2.81. The van der Waals surface area contributed by atoms with E-state index in [4.69, 9.17) is 4.84 Å². The van der Waals surface area contributed by atoms with Crippen molar-refractivity contribution in [3.63, 3.8) is 0 Å². The number of hydrogen-bond donors (Lipinski definition) is 1. The SMILES string of the molecule is Cn1c(O)c(ON2C(=O)c3ccccc3C2=O)n(-c2ccc(Br)cc2)c1=O. The van der Waals surface area contributed by atoms with Crippen LogP contribution in [0.3, 0.4) is 0 Å². The lowest BCUT2D eigenvalue weighted by Gasteiger charge is -2.15. The standard InChI is InChI=1S/C18H12BrN3O5/c1-20-16(25)17(21(18(20)26)11-8-6-10(19)7-9-11)27-22-14(23)12-4-2-3-5-13(12)15(22)24/h2-9,25H,1H3. The molecule has 0 spiro atoms. The molecule has 0 radical (unpaired) electrons. The van der Waals surface area contributed by atoms with Crippen LogP contribution in [0, 0.1) is 0 Å². The number of hydroxylamine groups is 2. The number of halogens is 1. The lowest BCUT2D eigenvalue weighted by Crippen LogP contribution is -2.34. The first-order valence-corrected chi connectivity index (χ1v) is 8.62. The minimum atomic E-state index is -0.673. The molecule has 0 fully saturated rings. The number of hydrogen-bond acceptors (Lipinski definition) is 5. The molecule has 3 aromatic rings. The third-order valence-corrected chi connectivity index (χ3v) is 4.74. The number of benzene rings is 2. The summed E-state index contributed by atoms with van der Waals surface area (Å²) in [6, 6.07) is 12.9. The van der Waals surface area contributed by atoms with Gasteiger partial charge in [0.1, 0.15) is 0 Å². The number of imide groups is 1. The minimum Gasteiger partial charge on any atom is -0.490 e. The number of rotatable bonds is 3. The number of aromatic hydroxyl groups is 1. The molecule has 9 heteroatoms. The largest absolute Gasteiger partial charge is 0.490 e. The van der Waals surface area contributed by atoms with Crippen LogP contribution in [0.25, 0.3) is 5.69 Å². The second-order valence-electron chi connectivity index (χ2n) is 5.82. The van der Waals surface area contributed by atoms with Crippen molar-refractivity contribution in [2.75, 3.05) is 0 Å². The normalized spacial score (nSPS) is 13.2. The van der Waals surface area contributed by atoms with Crippen LogP contribution < -0.4 is 10.5 Å². The third-order valence-electron chi connectivity index (χ3n) is 4.21. The molecule has 1 N–H and O–H groups in total. The molecule has 0 atom stereocenters. The van der Waals surface area contributed by atoms with E-state index >= 15 is 0 Å². The summed E-state index contributed by atoms with van der Waals surface area (Å²) in [5, 5.41) is 10.9. The molecule has 0 saturated heterocycles. The quantitative estimate of drug-likeness (QED) is 0.644. The Hall–Kier alpha value is -3.33. The smallest absolute Gasteiger partial charge is 0.338 e. The second kappa shape index (κ2) is 6.13. The minimum absolute atomic E-state index is 0.190. The number of fused-ring (bicyclic) bond motifs is 1. The van der Waals surface area contributed by atoms with Crippen molar-refractivity contribution in [2.24, 2.45) is 7.05 Å². The van der Waals surface area contributed by atoms with E-state index in [2.05, 4.69) is 15.9 Å². The molecule has 1 aromatic heterocycles. The Morgan fingerprint density at radius 2 is 1.48 bits per heavy atom. The Morgan fingerprint density at radius 1 is 0.926 bits per heavy atom. The molecular formula is C18H12BrN3O5. The molecule has 1 aliphatic rings. The van der Waals surface area contributed by atoms with Gasteiger partial charge in [-0.2, -0.15) is 0 Å². The average Bonchev–Trinajstić information content (AvgIpc) is 3.04. The van der Waals surface area contributed by atoms with Crippen LogP contribution >= 0.6 is 15.9 Å². The fourth-order valence-corrected chi connectivity index (χ4v) is 3.07. The monoisotopic (exact) mass is 429 g/mol. The summed E-state index contributed by atoms with van der Waals surface area (Å²) in [4.78, 5) is 43.0. The first kappa shape index (κ1) is 17.1. The Kier molecular flexibility index (Phi) is 3.88. The van der Waals surface area contributed by atoms with E-state index in [-0.39, 0.29) is 17.0 Å². The molecule has 8 nitrogen and oxygen atoms in total. The predicted octanol–water partition coefficient (Wildman–Crippen LogP) is 2.23. The van der Waals surface area contributed by atoms with Crippen molar-refractivity contribution in [1.82, 2.24) is 14.2 Å². The average molecular weight is 430 g/mol. The van der Waals surface area contributed by atoms with Crippen LogP contribution in [0.1, 0.15) is 20.7 Å². The molecule has 2 heterocycles. The number of nitrogens with zero attached hydrogens (tertiary/aromatic N) is 3. The van der Waals surface area contributed by atoms with Crippen LogP contribution in [0.15, 0.2) is 57.8 Å². The summed E-state index contributed by atoms with van der Waals surface area (Å²) in [6.45, 7) is 0. The fraction of sp³-hybridized carbons (Fsp3) is 0.0556. The van der Waals surface area contributed by atoms with Gasteiger partial charge in [0.15, 0.2) is 0 Å². The van der Waals surface area contributed by atoms with Gasteiger partial charge in [0.2, 0.25) is 0 Å². The maximum atomic E-state index is 12.5. The predicted molar refractivity (Wildman–Crippen MR) is 97.9 cm³/mol. The molecule has 0 unspecified atom stereocenters. The number of amides is 2. The zero-order valence-electron chi connectivity index (χ0n) is 13.9. The Bertz CT molecular complexity index is 1110. The van der Waals surface area contributed by atoms with Gasteiger partial charge in [-0.3, -0.25) is 14.2 Å². The first-order valence-electron chi connectivity index (χ1n) is 7.82. The maximum absolute atomic E-state index is 12.5. The van der Waals surface area contributed by atoms with Crippen molar-refractivity contribution < 1.29 is 19.5 Å². The number of imidazole rings is 1. The van der Waals surface area contributed by atoms with Gasteiger partial charge in [-0.25, -0.2) is 9.36 Å². The van der Waals surface area contributed by atoms with Crippen LogP contribution in [0.2, 0.25) is 0 Å². The molecular weight excluding hydrogens is 418 g/mol. The van der Waals surface area contributed by atoms with Crippen LogP contribution in [-0.2, 0) is 7.05 Å². The summed E-state index contributed by atoms with van der Waals surface area (Å²) < 4.78 is 2.82. The van der Waals surface area contributed by atoms with Gasteiger partial charge < -0.3 is 9.94 Å². The summed E-state index contributed by atoms with van der Waals surface area (Å²) in [7, 11) is 1.35. The van der Waals surface area contributed by atoms with Gasteiger partial charge in [-0.15, -0.1) is 0 Å². The lowest BCUT2D eigenvalue weighted by atomic mass is 10.1. The molecule has 0 bridgehead atoms. The van der Waals surface area contributed by atoms with Gasteiger partial charge in [0, 0.05) is 11.5 Å². The third kappa shape index (κ3) is 2.55. The molecule has 1 aliphatic heterocycles. The lowest BCUT2D eigenvalue weighted by molar-refractivity contribution is -0.0190. The highest BCUT2D eigenvalue weighted by Gasteiger charge is 2.39. The van der Waals surface area contributed by atoms with Crippen molar-refractivity contribution in [3.8, 4) is 17.4 Å². The van der Waals surface area contributed by atoms with E-state index in [0.717, 1.165) is 13.6 Å². The molecule has 136 valence electrons. The molecule has 0 aliphatic carbocycles. The van der Waals surface area contributed by atoms with Crippen LogP contribution in [-0.4, -0.2) is 31.1 Å². The highest BCUT2D eigenvalue weighted by atomic mass is 79.9. The van der Waals surface area contributed by atoms with Crippen molar-refractivity contribution in [2.45, 2.75) is 0 Å². The van der Waals surface area contributed by atoms with Gasteiger partial charge >= 0.3 is 5.69 Å². The van der Waals surface area contributed by atoms with Crippen molar-refractivity contribution >= 4 is 27.7 Å². The number of carbonyl (C=O) groups excluding carboxylic acids is 2. The zero-order chi connectivity index (χ0) is 19.3. The van der Waals surface area contributed by atoms with E-state index in [0.29, 0.717) is 10.8 Å². The number of aromatic nitrogens is 2. The van der Waals surface area contributed by atoms with E-state index in [1.807, 2.05) is 0 Å². The van der Waals surface area contributed by atoms with Gasteiger partial charge in [-0.05, 0) is 36.4 Å². The van der Waals surface area contributed by atoms with Crippen molar-refractivity contribution in [3.05, 3.63) is 74.6 Å². The molecule has 4 rings (SSSR count). The van der Waals surface area contributed by atoms with E-state index in [1.54, 1.807) is 36.4 Å². The van der Waals surface area contributed by atoms with E-state index < -0.39 is 23.4 Å².